The molecule has 1 atom stereocenters. The number of ether oxygens (including phenoxy) is 1. The molecule has 90 valence electrons. The second kappa shape index (κ2) is 6.51. The lowest BCUT2D eigenvalue weighted by molar-refractivity contribution is 0.281. The van der Waals surface area contributed by atoms with E-state index in [2.05, 4.69) is 19.0 Å². The number of hydrogen-bond donors (Lipinski definition) is 1. The van der Waals surface area contributed by atoms with Crippen LogP contribution in [-0.2, 0) is 0 Å². The van der Waals surface area contributed by atoms with Crippen molar-refractivity contribution in [1.82, 2.24) is 4.90 Å². The first kappa shape index (κ1) is 13.0. The van der Waals surface area contributed by atoms with Gasteiger partial charge in [0.05, 0.1) is 6.61 Å². The van der Waals surface area contributed by atoms with E-state index in [1.807, 2.05) is 31.2 Å². The van der Waals surface area contributed by atoms with E-state index >= 15 is 0 Å². The van der Waals surface area contributed by atoms with Crippen LogP contribution in [-0.4, -0.2) is 32.1 Å². The highest BCUT2D eigenvalue weighted by Crippen LogP contribution is 2.17. The summed E-state index contributed by atoms with van der Waals surface area (Å²) in [5.74, 6) is 0.911. The largest absolute Gasteiger partial charge is 0.494 e. The second-order valence-corrected chi connectivity index (χ2v) is 4.37. The molecule has 0 bridgehead atoms. The van der Waals surface area contributed by atoms with Gasteiger partial charge in [-0.2, -0.15) is 0 Å². The lowest BCUT2D eigenvalue weighted by atomic mass is 10.1. The Balaban J connectivity index is 2.39. The molecule has 0 fully saturated rings. The van der Waals surface area contributed by atoms with Crippen LogP contribution in [0, 0.1) is 0 Å². The summed E-state index contributed by atoms with van der Waals surface area (Å²) in [5, 5.41) is 0. The van der Waals surface area contributed by atoms with E-state index in [9.17, 15) is 0 Å². The number of nitrogens with zero attached hydrogens (tertiary/aromatic N) is 1. The van der Waals surface area contributed by atoms with Gasteiger partial charge in [0.15, 0.2) is 0 Å². The summed E-state index contributed by atoms with van der Waals surface area (Å²) in [5.41, 5.74) is 6.93. The second-order valence-electron chi connectivity index (χ2n) is 4.37. The van der Waals surface area contributed by atoms with E-state index in [0.717, 1.165) is 30.9 Å². The summed E-state index contributed by atoms with van der Waals surface area (Å²) in [7, 11) is 4.13. The Kier molecular flexibility index (Phi) is 5.29. The summed E-state index contributed by atoms with van der Waals surface area (Å²) in [4.78, 5) is 2.15. The fourth-order valence-electron chi connectivity index (χ4n) is 1.46. The lowest BCUT2D eigenvalue weighted by Gasteiger charge is -2.12. The Labute approximate surface area is 98.2 Å². The molecule has 0 heterocycles. The van der Waals surface area contributed by atoms with Crippen molar-refractivity contribution in [1.29, 1.82) is 0 Å². The molecule has 0 radical (unpaired) electrons. The minimum atomic E-state index is 0.0605. The molecule has 1 rings (SSSR count). The Bertz CT molecular complexity index is 311. The van der Waals surface area contributed by atoms with E-state index < -0.39 is 0 Å². The van der Waals surface area contributed by atoms with Gasteiger partial charge in [-0.05, 0) is 45.1 Å². The van der Waals surface area contributed by atoms with Gasteiger partial charge in [0.2, 0.25) is 0 Å². The highest BCUT2D eigenvalue weighted by atomic mass is 16.5. The highest BCUT2D eigenvalue weighted by molar-refractivity contribution is 5.30. The van der Waals surface area contributed by atoms with E-state index in [-0.39, 0.29) is 6.04 Å². The van der Waals surface area contributed by atoms with Crippen LogP contribution in [0.5, 0.6) is 5.75 Å². The number of rotatable bonds is 6. The maximum Gasteiger partial charge on any atom is 0.119 e. The minimum absolute atomic E-state index is 0.0605. The molecule has 0 spiro atoms. The zero-order chi connectivity index (χ0) is 12.0. The number of benzene rings is 1. The monoisotopic (exact) mass is 222 g/mol. The van der Waals surface area contributed by atoms with Gasteiger partial charge in [0, 0.05) is 12.6 Å². The van der Waals surface area contributed by atoms with Gasteiger partial charge in [-0.15, -0.1) is 0 Å². The normalized spacial score (nSPS) is 12.8. The number of nitrogens with two attached hydrogens (primary N) is 1. The van der Waals surface area contributed by atoms with Crippen molar-refractivity contribution in [2.24, 2.45) is 5.73 Å². The first-order chi connectivity index (χ1) is 7.59. The van der Waals surface area contributed by atoms with E-state index in [4.69, 9.17) is 10.5 Å². The van der Waals surface area contributed by atoms with Gasteiger partial charge in [0.1, 0.15) is 5.75 Å². The third kappa shape index (κ3) is 4.64. The summed E-state index contributed by atoms with van der Waals surface area (Å²) in [6, 6.07) is 8.06. The molecular weight excluding hydrogens is 200 g/mol. The van der Waals surface area contributed by atoms with Gasteiger partial charge in [-0.1, -0.05) is 12.1 Å². The molecule has 0 aliphatic rings. The van der Waals surface area contributed by atoms with Gasteiger partial charge < -0.3 is 15.4 Å². The van der Waals surface area contributed by atoms with Crippen molar-refractivity contribution in [2.75, 3.05) is 27.2 Å². The van der Waals surface area contributed by atoms with Crippen molar-refractivity contribution in [3.05, 3.63) is 29.8 Å². The average Bonchev–Trinajstić information content (AvgIpc) is 2.24. The van der Waals surface area contributed by atoms with Gasteiger partial charge in [-0.25, -0.2) is 0 Å². The Hall–Kier alpha value is -1.06. The molecular formula is C13H22N2O. The maximum atomic E-state index is 5.81. The molecule has 0 aliphatic carbocycles. The Morgan fingerprint density at radius 3 is 2.75 bits per heavy atom. The average molecular weight is 222 g/mol. The van der Waals surface area contributed by atoms with Crippen molar-refractivity contribution in [3.63, 3.8) is 0 Å². The maximum absolute atomic E-state index is 5.81. The fraction of sp³-hybridized carbons (Fsp3) is 0.538. The minimum Gasteiger partial charge on any atom is -0.494 e. The van der Waals surface area contributed by atoms with Crippen LogP contribution in [0.2, 0.25) is 0 Å². The van der Waals surface area contributed by atoms with Crippen molar-refractivity contribution in [2.45, 2.75) is 19.4 Å². The van der Waals surface area contributed by atoms with Crippen LogP contribution >= 0.6 is 0 Å². The molecule has 3 nitrogen and oxygen atoms in total. The molecule has 0 unspecified atom stereocenters. The zero-order valence-electron chi connectivity index (χ0n) is 10.4. The summed E-state index contributed by atoms with van der Waals surface area (Å²) >= 11 is 0. The summed E-state index contributed by atoms with van der Waals surface area (Å²) in [6.45, 7) is 3.78. The molecule has 0 saturated carbocycles. The molecule has 2 N–H and O–H groups in total. The van der Waals surface area contributed by atoms with Crippen molar-refractivity contribution in [3.8, 4) is 5.75 Å². The fourth-order valence-corrected chi connectivity index (χ4v) is 1.46. The number of hydrogen-bond acceptors (Lipinski definition) is 3. The molecule has 1 aromatic rings. The van der Waals surface area contributed by atoms with Crippen molar-refractivity contribution < 1.29 is 4.74 Å². The Morgan fingerprint density at radius 1 is 1.38 bits per heavy atom. The van der Waals surface area contributed by atoms with Gasteiger partial charge >= 0.3 is 0 Å². The highest BCUT2D eigenvalue weighted by Gasteiger charge is 2.01. The topological polar surface area (TPSA) is 38.5 Å². The van der Waals surface area contributed by atoms with Crippen LogP contribution in [0.25, 0.3) is 0 Å². The van der Waals surface area contributed by atoms with E-state index in [0.29, 0.717) is 0 Å². The predicted molar refractivity (Wildman–Crippen MR) is 67.7 cm³/mol. The third-order valence-electron chi connectivity index (χ3n) is 2.40. The third-order valence-corrected chi connectivity index (χ3v) is 2.40. The molecule has 0 saturated heterocycles. The standard InChI is InChI=1S/C13H22N2O/c1-11(14)12-6-4-7-13(10-12)16-9-5-8-15(2)3/h4,6-7,10-11H,5,8-9,14H2,1-3H3/t11-/m0/s1. The SMILES string of the molecule is C[C@H](N)c1cccc(OCCCN(C)C)c1. The van der Waals surface area contributed by atoms with Crippen LogP contribution in [0.3, 0.4) is 0 Å². The van der Waals surface area contributed by atoms with E-state index in [1.165, 1.54) is 0 Å². The van der Waals surface area contributed by atoms with Crippen LogP contribution in [0.4, 0.5) is 0 Å². The molecule has 1 aromatic carbocycles. The van der Waals surface area contributed by atoms with Crippen molar-refractivity contribution >= 4 is 0 Å². The van der Waals surface area contributed by atoms with E-state index in [1.54, 1.807) is 0 Å². The van der Waals surface area contributed by atoms with Gasteiger partial charge in [0.25, 0.3) is 0 Å². The lowest BCUT2D eigenvalue weighted by Crippen LogP contribution is -2.15. The molecule has 3 heteroatoms. The quantitative estimate of drug-likeness (QED) is 0.749. The molecule has 0 amide bonds. The van der Waals surface area contributed by atoms with Crippen LogP contribution in [0.1, 0.15) is 24.9 Å². The predicted octanol–water partition coefficient (Wildman–Crippen LogP) is 2.04. The summed E-state index contributed by atoms with van der Waals surface area (Å²) in [6.07, 6.45) is 1.04. The molecule has 0 aromatic heterocycles. The molecule has 16 heavy (non-hydrogen) atoms. The summed E-state index contributed by atoms with van der Waals surface area (Å²) < 4.78 is 5.66. The van der Waals surface area contributed by atoms with Gasteiger partial charge in [-0.3, -0.25) is 0 Å². The smallest absolute Gasteiger partial charge is 0.119 e. The Morgan fingerprint density at radius 2 is 2.12 bits per heavy atom. The molecule has 0 aliphatic heterocycles. The zero-order valence-corrected chi connectivity index (χ0v) is 10.4. The first-order valence-electron chi connectivity index (χ1n) is 5.72. The first-order valence-corrected chi connectivity index (χ1v) is 5.72. The van der Waals surface area contributed by atoms with Crippen LogP contribution < -0.4 is 10.5 Å². The van der Waals surface area contributed by atoms with Crippen LogP contribution in [0.15, 0.2) is 24.3 Å².